The Labute approximate surface area is 196 Å². The molecule has 2 aromatic carbocycles. The zero-order chi connectivity index (χ0) is 24.1. The summed E-state index contributed by atoms with van der Waals surface area (Å²) in [5.74, 6) is -0.446. The highest BCUT2D eigenvalue weighted by Crippen LogP contribution is 2.19. The molecule has 1 atom stereocenters. The molecule has 1 fully saturated rings. The maximum Gasteiger partial charge on any atom is 0.257 e. The minimum absolute atomic E-state index is 0.0305. The molecule has 0 saturated carbocycles. The lowest BCUT2D eigenvalue weighted by molar-refractivity contribution is 0.0218. The number of hydrogen-bond donors (Lipinski definition) is 3. The average molecular weight is 467 g/mol. The van der Waals surface area contributed by atoms with Gasteiger partial charge in [0.1, 0.15) is 5.82 Å². The second-order valence-electron chi connectivity index (χ2n) is 8.09. The molecule has 1 amide bonds. The molecular formula is C25H27FN4O4. The molecule has 2 heterocycles. The van der Waals surface area contributed by atoms with Crippen molar-refractivity contribution in [2.45, 2.75) is 12.5 Å². The van der Waals surface area contributed by atoms with Crippen LogP contribution in [0.15, 0.2) is 59.5 Å². The number of carbonyl (C=O) groups excluding carboxylic acids is 1. The topological polar surface area (TPSA) is 110 Å². The molecule has 4 rings (SSSR count). The van der Waals surface area contributed by atoms with E-state index in [1.165, 1.54) is 24.4 Å². The number of benzene rings is 2. The van der Waals surface area contributed by atoms with Gasteiger partial charge in [-0.1, -0.05) is 0 Å². The molecule has 9 heteroatoms. The molecule has 0 bridgehead atoms. The number of H-pyrrole nitrogens is 1. The van der Waals surface area contributed by atoms with Gasteiger partial charge in [0, 0.05) is 48.6 Å². The molecule has 0 spiro atoms. The summed E-state index contributed by atoms with van der Waals surface area (Å²) in [6.07, 6.45) is 2.33. The lowest BCUT2D eigenvalue weighted by atomic mass is 10.1. The molecule has 34 heavy (non-hydrogen) atoms. The smallest absolute Gasteiger partial charge is 0.257 e. The standard InChI is InChI=1S/C25H27FN4O4/c1-33-10-11-34-20-8-9-30(15-20)25(32)16-2-5-19(6-3-16)28-14-22(27)21-13-17-12-18(26)4-7-23(17)29-24(21)31/h2-7,12-14,20,28H,8-11,15,27H2,1H3,(H,29,31)/b22-14-/t20-/m0/s1. The van der Waals surface area contributed by atoms with Gasteiger partial charge in [-0.05, 0) is 55.0 Å². The summed E-state index contributed by atoms with van der Waals surface area (Å²) >= 11 is 0. The van der Waals surface area contributed by atoms with Crippen LogP contribution in [-0.2, 0) is 9.47 Å². The van der Waals surface area contributed by atoms with Gasteiger partial charge in [0.2, 0.25) is 0 Å². The van der Waals surface area contributed by atoms with Crippen molar-refractivity contribution in [3.05, 3.63) is 82.0 Å². The Morgan fingerprint density at radius 2 is 2.03 bits per heavy atom. The number of rotatable bonds is 8. The fraction of sp³-hybridized carbons (Fsp3) is 0.280. The summed E-state index contributed by atoms with van der Waals surface area (Å²) in [5, 5.41) is 3.57. The van der Waals surface area contributed by atoms with E-state index in [9.17, 15) is 14.0 Å². The van der Waals surface area contributed by atoms with Crippen LogP contribution >= 0.6 is 0 Å². The van der Waals surface area contributed by atoms with E-state index in [1.807, 2.05) is 0 Å². The molecule has 3 aromatic rings. The number of nitrogens with two attached hydrogens (primary N) is 1. The van der Waals surface area contributed by atoms with Crippen LogP contribution in [0.4, 0.5) is 10.1 Å². The van der Waals surface area contributed by atoms with Gasteiger partial charge in [-0.25, -0.2) is 4.39 Å². The summed E-state index contributed by atoms with van der Waals surface area (Å²) in [6, 6.07) is 12.7. The van der Waals surface area contributed by atoms with Crippen LogP contribution in [0.3, 0.4) is 0 Å². The molecule has 0 aliphatic carbocycles. The lowest BCUT2D eigenvalue weighted by Crippen LogP contribution is -2.30. The van der Waals surface area contributed by atoms with Crippen molar-refractivity contribution in [3.63, 3.8) is 0 Å². The van der Waals surface area contributed by atoms with Crippen molar-refractivity contribution in [3.8, 4) is 0 Å². The number of amides is 1. The summed E-state index contributed by atoms with van der Waals surface area (Å²) in [6.45, 7) is 2.26. The van der Waals surface area contributed by atoms with Crippen molar-refractivity contribution < 1.29 is 18.7 Å². The number of pyridine rings is 1. The van der Waals surface area contributed by atoms with Crippen LogP contribution in [0.2, 0.25) is 0 Å². The first-order valence-corrected chi connectivity index (χ1v) is 11.0. The highest BCUT2D eigenvalue weighted by Gasteiger charge is 2.27. The van der Waals surface area contributed by atoms with Gasteiger partial charge in [0.25, 0.3) is 11.5 Å². The van der Waals surface area contributed by atoms with E-state index in [-0.39, 0.29) is 28.8 Å². The monoisotopic (exact) mass is 466 g/mol. The predicted octanol–water partition coefficient (Wildman–Crippen LogP) is 2.91. The molecule has 178 valence electrons. The number of fused-ring (bicyclic) bond motifs is 1. The van der Waals surface area contributed by atoms with E-state index >= 15 is 0 Å². The number of nitrogens with one attached hydrogen (secondary N) is 2. The van der Waals surface area contributed by atoms with Crippen molar-refractivity contribution >= 4 is 28.2 Å². The quantitative estimate of drug-likeness (QED) is 0.441. The third-order valence-electron chi connectivity index (χ3n) is 5.72. The van der Waals surface area contributed by atoms with E-state index in [2.05, 4.69) is 10.3 Å². The molecule has 8 nitrogen and oxygen atoms in total. The second kappa shape index (κ2) is 10.5. The molecule has 1 aromatic heterocycles. The first kappa shape index (κ1) is 23.5. The number of likely N-dealkylation sites (tertiary alicyclic amines) is 1. The Morgan fingerprint density at radius 3 is 2.79 bits per heavy atom. The predicted molar refractivity (Wildman–Crippen MR) is 129 cm³/mol. The summed E-state index contributed by atoms with van der Waals surface area (Å²) < 4.78 is 24.2. The molecule has 0 radical (unpaired) electrons. The van der Waals surface area contributed by atoms with Gasteiger partial charge in [-0.2, -0.15) is 0 Å². The minimum atomic E-state index is -0.399. The number of ether oxygens (including phenoxy) is 2. The van der Waals surface area contributed by atoms with Crippen LogP contribution in [0.1, 0.15) is 22.3 Å². The fourth-order valence-corrected chi connectivity index (χ4v) is 3.87. The van der Waals surface area contributed by atoms with Crippen LogP contribution in [0.25, 0.3) is 16.6 Å². The van der Waals surface area contributed by atoms with Gasteiger partial charge < -0.3 is 30.4 Å². The van der Waals surface area contributed by atoms with Crippen LogP contribution in [-0.4, -0.2) is 55.3 Å². The molecular weight excluding hydrogens is 439 g/mol. The van der Waals surface area contributed by atoms with E-state index < -0.39 is 5.82 Å². The van der Waals surface area contributed by atoms with Crippen LogP contribution in [0, 0.1) is 5.82 Å². The normalized spacial score (nSPS) is 16.2. The summed E-state index contributed by atoms with van der Waals surface area (Å²) in [7, 11) is 1.63. The zero-order valence-electron chi connectivity index (χ0n) is 18.8. The van der Waals surface area contributed by atoms with Crippen molar-refractivity contribution in [1.82, 2.24) is 9.88 Å². The Hall–Kier alpha value is -3.69. The molecule has 1 aliphatic rings. The number of aromatic amines is 1. The number of methoxy groups -OCH3 is 1. The first-order valence-electron chi connectivity index (χ1n) is 11.0. The van der Waals surface area contributed by atoms with Crippen LogP contribution < -0.4 is 16.6 Å². The molecule has 4 N–H and O–H groups in total. The third kappa shape index (κ3) is 5.44. The fourth-order valence-electron chi connectivity index (χ4n) is 3.87. The number of halogens is 1. The van der Waals surface area contributed by atoms with Crippen molar-refractivity contribution in [2.75, 3.05) is 38.7 Å². The Bertz CT molecular complexity index is 1260. The largest absolute Gasteiger partial charge is 0.397 e. The van der Waals surface area contributed by atoms with Crippen LogP contribution in [0.5, 0.6) is 0 Å². The van der Waals surface area contributed by atoms with Gasteiger partial charge >= 0.3 is 0 Å². The third-order valence-corrected chi connectivity index (χ3v) is 5.72. The average Bonchev–Trinajstić information content (AvgIpc) is 3.31. The number of aromatic nitrogens is 1. The Kier molecular flexibility index (Phi) is 7.24. The lowest BCUT2D eigenvalue weighted by Gasteiger charge is -2.17. The van der Waals surface area contributed by atoms with Gasteiger partial charge in [0.05, 0.1) is 30.6 Å². The van der Waals surface area contributed by atoms with Crippen molar-refractivity contribution in [2.24, 2.45) is 5.73 Å². The van der Waals surface area contributed by atoms with E-state index in [4.69, 9.17) is 15.2 Å². The Morgan fingerprint density at radius 1 is 1.24 bits per heavy atom. The number of carbonyl (C=O) groups is 1. The molecule has 1 saturated heterocycles. The number of anilines is 1. The Balaban J connectivity index is 1.39. The summed E-state index contributed by atoms with van der Waals surface area (Å²) in [4.78, 5) is 29.6. The van der Waals surface area contributed by atoms with Crippen molar-refractivity contribution in [1.29, 1.82) is 0 Å². The molecule has 1 aliphatic heterocycles. The van der Waals surface area contributed by atoms with Gasteiger partial charge in [-0.3, -0.25) is 9.59 Å². The molecule has 0 unspecified atom stereocenters. The zero-order valence-corrected chi connectivity index (χ0v) is 18.8. The maximum absolute atomic E-state index is 13.5. The second-order valence-corrected chi connectivity index (χ2v) is 8.09. The van der Waals surface area contributed by atoms with E-state index in [1.54, 1.807) is 42.3 Å². The summed E-state index contributed by atoms with van der Waals surface area (Å²) in [5.41, 5.74) is 7.96. The number of hydrogen-bond acceptors (Lipinski definition) is 6. The highest BCUT2D eigenvalue weighted by molar-refractivity contribution is 5.94. The minimum Gasteiger partial charge on any atom is -0.397 e. The van der Waals surface area contributed by atoms with Gasteiger partial charge in [0.15, 0.2) is 0 Å². The number of nitrogens with zero attached hydrogens (tertiary/aromatic N) is 1. The van der Waals surface area contributed by atoms with Gasteiger partial charge in [-0.15, -0.1) is 0 Å². The highest BCUT2D eigenvalue weighted by atomic mass is 19.1. The SMILES string of the molecule is COCCO[C@H]1CCN(C(=O)c2ccc(N/C=C(\N)c3cc4cc(F)ccc4[nH]c3=O)cc2)C1. The maximum atomic E-state index is 13.5. The van der Waals surface area contributed by atoms with E-state index in [0.717, 1.165) is 6.42 Å². The first-order chi connectivity index (χ1) is 16.4. The van der Waals surface area contributed by atoms with E-state index in [0.29, 0.717) is 48.5 Å².